The van der Waals surface area contributed by atoms with Crippen LogP contribution >= 0.6 is 11.3 Å². The highest BCUT2D eigenvalue weighted by Crippen LogP contribution is 2.30. The van der Waals surface area contributed by atoms with Crippen molar-refractivity contribution in [3.8, 4) is 21.8 Å². The molecule has 7 rings (SSSR count). The van der Waals surface area contributed by atoms with Gasteiger partial charge in [-0.2, -0.15) is 5.10 Å². The minimum absolute atomic E-state index is 0.403. The highest BCUT2D eigenvalue weighted by molar-refractivity contribution is 7.19. The van der Waals surface area contributed by atoms with Crippen LogP contribution in [0.4, 0.5) is 5.69 Å². The van der Waals surface area contributed by atoms with Gasteiger partial charge in [-0.15, -0.1) is 5.10 Å². The van der Waals surface area contributed by atoms with E-state index >= 15 is 0 Å². The molecule has 1 fully saturated rings. The monoisotopic (exact) mass is 650 g/mol. The molecule has 0 radical (unpaired) electrons. The number of anilines is 1. The first-order chi connectivity index (χ1) is 23.1. The third kappa shape index (κ3) is 7.19. The molecule has 1 saturated heterocycles. The quantitative estimate of drug-likeness (QED) is 0.112. The molecular formula is C35H38N8O3S. The number of rotatable bonds is 13. The van der Waals surface area contributed by atoms with E-state index < -0.39 is 5.97 Å². The summed E-state index contributed by atoms with van der Waals surface area (Å²) in [6, 6.07) is 23.2. The van der Waals surface area contributed by atoms with Gasteiger partial charge in [0.15, 0.2) is 0 Å². The van der Waals surface area contributed by atoms with E-state index in [-0.39, 0.29) is 0 Å². The van der Waals surface area contributed by atoms with Crippen LogP contribution in [0.3, 0.4) is 0 Å². The van der Waals surface area contributed by atoms with Gasteiger partial charge in [0.25, 0.3) is 0 Å². The van der Waals surface area contributed by atoms with Gasteiger partial charge in [-0.05, 0) is 73.1 Å². The number of aromatic nitrogens is 6. The van der Waals surface area contributed by atoms with Crippen molar-refractivity contribution in [3.63, 3.8) is 0 Å². The number of piperazine rings is 1. The molecule has 1 aliphatic rings. The number of hydrogen-bond donors (Lipinski definition) is 0. The van der Waals surface area contributed by atoms with Crippen LogP contribution in [-0.2, 0) is 4.74 Å². The second-order valence-electron chi connectivity index (χ2n) is 11.8. The average molecular weight is 651 g/mol. The fraction of sp³-hybridized carbons (Fsp3) is 0.343. The van der Waals surface area contributed by atoms with Gasteiger partial charge in [0.2, 0.25) is 4.96 Å². The zero-order valence-electron chi connectivity index (χ0n) is 26.5. The first-order valence-electron chi connectivity index (χ1n) is 16.2. The number of methoxy groups -OCH3 is 1. The Labute approximate surface area is 277 Å². The van der Waals surface area contributed by atoms with Gasteiger partial charge in [0.05, 0.1) is 17.5 Å². The molecule has 11 nitrogen and oxygen atoms in total. The van der Waals surface area contributed by atoms with E-state index in [2.05, 4.69) is 44.4 Å². The zero-order chi connectivity index (χ0) is 32.0. The minimum atomic E-state index is -0.520. The number of ether oxygens (including phenoxy) is 1. The van der Waals surface area contributed by atoms with Gasteiger partial charge in [0, 0.05) is 56.7 Å². The van der Waals surface area contributed by atoms with Crippen LogP contribution < -0.4 is 9.74 Å². The van der Waals surface area contributed by atoms with Crippen molar-refractivity contribution in [2.75, 3.05) is 51.3 Å². The Balaban J connectivity index is 0.916. The Morgan fingerprint density at radius 3 is 2.38 bits per heavy atom. The van der Waals surface area contributed by atoms with Gasteiger partial charge >= 0.3 is 5.97 Å². The molecule has 0 atom stereocenters. The minimum Gasteiger partial charge on any atom is -0.385 e. The van der Waals surface area contributed by atoms with Crippen molar-refractivity contribution in [2.24, 2.45) is 0 Å². The summed E-state index contributed by atoms with van der Waals surface area (Å²) < 4.78 is 6.96. The maximum absolute atomic E-state index is 12.7. The lowest BCUT2D eigenvalue weighted by Gasteiger charge is -2.36. The molecule has 1 aliphatic heterocycles. The zero-order valence-corrected chi connectivity index (χ0v) is 27.3. The van der Waals surface area contributed by atoms with E-state index in [0.717, 1.165) is 64.4 Å². The molecule has 47 heavy (non-hydrogen) atoms. The van der Waals surface area contributed by atoms with Gasteiger partial charge in [-0.1, -0.05) is 59.7 Å². The summed E-state index contributed by atoms with van der Waals surface area (Å²) in [5.74, 6) is -0.520. The molecule has 0 spiro atoms. The first kappa shape index (κ1) is 31.0. The number of fused-ring (bicyclic) bond motifs is 2. The Morgan fingerprint density at radius 2 is 1.60 bits per heavy atom. The van der Waals surface area contributed by atoms with Crippen molar-refractivity contribution in [1.82, 2.24) is 34.7 Å². The van der Waals surface area contributed by atoms with Crippen molar-refractivity contribution < 1.29 is 14.4 Å². The molecule has 3 aromatic carbocycles. The van der Waals surface area contributed by atoms with Crippen LogP contribution in [0.5, 0.6) is 0 Å². The highest BCUT2D eigenvalue weighted by atomic mass is 32.1. The summed E-state index contributed by atoms with van der Waals surface area (Å²) in [7, 11) is 1.78. The topological polar surface area (TPSA) is 103 Å². The van der Waals surface area contributed by atoms with Crippen LogP contribution in [0.1, 0.15) is 42.5 Å². The molecule has 242 valence electrons. The number of nitrogens with zero attached hydrogens (tertiary/aromatic N) is 8. The average Bonchev–Trinajstić information content (AvgIpc) is 3.83. The second-order valence-corrected chi connectivity index (χ2v) is 12.8. The number of benzene rings is 3. The largest absolute Gasteiger partial charge is 0.385 e. The summed E-state index contributed by atoms with van der Waals surface area (Å²) in [6.07, 6.45) is 8.26. The number of para-hydroxylation sites is 1. The Morgan fingerprint density at radius 1 is 0.851 bits per heavy atom. The smallest absolute Gasteiger partial charge is 0.365 e. The molecule has 0 unspecified atom stereocenters. The van der Waals surface area contributed by atoms with Crippen LogP contribution in [0.15, 0.2) is 79.0 Å². The lowest BCUT2D eigenvalue weighted by Crippen LogP contribution is -2.46. The molecule has 3 aromatic heterocycles. The lowest BCUT2D eigenvalue weighted by molar-refractivity contribution is 0.0409. The molecule has 0 amide bonds. The lowest BCUT2D eigenvalue weighted by atomic mass is 10.1. The van der Waals surface area contributed by atoms with Gasteiger partial charge in [-0.25, -0.2) is 14.3 Å². The number of carbonyl (C=O) groups excluding carboxylic acids is 1. The predicted molar refractivity (Wildman–Crippen MR) is 184 cm³/mol. The molecule has 4 heterocycles. The molecule has 0 N–H and O–H groups in total. The molecule has 6 aromatic rings. The van der Waals surface area contributed by atoms with Gasteiger partial charge in [0.1, 0.15) is 16.0 Å². The number of hydrogen-bond acceptors (Lipinski definition) is 10. The third-order valence-electron chi connectivity index (χ3n) is 8.62. The summed E-state index contributed by atoms with van der Waals surface area (Å²) >= 11 is 1.56. The first-order valence-corrected chi connectivity index (χ1v) is 17.0. The maximum atomic E-state index is 12.7. The predicted octanol–water partition coefficient (Wildman–Crippen LogP) is 5.86. The Kier molecular flexibility index (Phi) is 9.50. The summed E-state index contributed by atoms with van der Waals surface area (Å²) in [6.45, 7) is 6.43. The van der Waals surface area contributed by atoms with Crippen LogP contribution in [-0.4, -0.2) is 87.1 Å². The van der Waals surface area contributed by atoms with E-state index in [1.807, 2.05) is 41.0 Å². The van der Waals surface area contributed by atoms with Gasteiger partial charge < -0.3 is 14.5 Å². The van der Waals surface area contributed by atoms with E-state index in [1.54, 1.807) is 36.6 Å². The number of carbonyl (C=O) groups is 1. The fourth-order valence-electron chi connectivity index (χ4n) is 5.94. The summed E-state index contributed by atoms with van der Waals surface area (Å²) in [4.78, 5) is 30.0. The van der Waals surface area contributed by atoms with Crippen LogP contribution in [0, 0.1) is 0 Å². The highest BCUT2D eigenvalue weighted by Gasteiger charge is 2.18. The summed E-state index contributed by atoms with van der Waals surface area (Å²) in [5, 5.41) is 13.7. The molecule has 0 saturated carbocycles. The Bertz CT molecular complexity index is 1890. The molecule has 0 aliphatic carbocycles. The van der Waals surface area contributed by atoms with Crippen molar-refractivity contribution in [3.05, 3.63) is 84.6 Å². The van der Waals surface area contributed by atoms with E-state index in [1.165, 1.54) is 44.3 Å². The molecule has 0 bridgehead atoms. The third-order valence-corrected chi connectivity index (χ3v) is 9.60. The standard InChI is InChI=1S/C35H38N8O3S/c1-45-24-8-4-2-3-7-19-40-20-22-41(23-21-40)29-17-15-27(16-18-29)33-38-42-25-31(36-35(42)47-33)26-11-13-28(14-12-26)34(44)46-43-32-10-6-5-9-30(32)37-39-43/h5-6,9-18,25H,2-4,7-8,19-24H2,1H3. The second kappa shape index (κ2) is 14.4. The van der Waals surface area contributed by atoms with Crippen LogP contribution in [0.2, 0.25) is 0 Å². The van der Waals surface area contributed by atoms with E-state index in [0.29, 0.717) is 16.6 Å². The summed E-state index contributed by atoms with van der Waals surface area (Å²) in [5.41, 5.74) is 5.69. The van der Waals surface area contributed by atoms with Crippen molar-refractivity contribution >= 4 is 39.0 Å². The van der Waals surface area contributed by atoms with Crippen molar-refractivity contribution in [2.45, 2.75) is 32.1 Å². The maximum Gasteiger partial charge on any atom is 0.365 e. The number of imidazole rings is 1. The van der Waals surface area contributed by atoms with Gasteiger partial charge in [-0.3, -0.25) is 4.90 Å². The SMILES string of the molecule is COCCCCCCCN1CCN(c2ccc(-c3nn4cc(-c5ccc(C(=O)On6nnc7ccccc76)cc5)nc4s3)cc2)CC1. The van der Waals surface area contributed by atoms with E-state index in [9.17, 15) is 4.79 Å². The fourth-order valence-corrected chi connectivity index (χ4v) is 6.82. The van der Waals surface area contributed by atoms with Crippen molar-refractivity contribution in [1.29, 1.82) is 0 Å². The Hall–Kier alpha value is -4.65. The van der Waals surface area contributed by atoms with E-state index in [4.69, 9.17) is 19.7 Å². The number of unbranched alkanes of at least 4 members (excludes halogenated alkanes) is 4. The van der Waals surface area contributed by atoms with Crippen LogP contribution in [0.25, 0.3) is 37.8 Å². The molecular weight excluding hydrogens is 613 g/mol. The molecule has 12 heteroatoms. The normalized spacial score (nSPS) is 13.9.